The van der Waals surface area contributed by atoms with Crippen molar-refractivity contribution in [1.82, 2.24) is 5.32 Å². The average Bonchev–Trinajstić information content (AvgIpc) is 2.45. The Hall–Kier alpha value is -1.31. The molecule has 0 aliphatic carbocycles. The molecule has 0 aromatic heterocycles. The van der Waals surface area contributed by atoms with Crippen LogP contribution in [0.1, 0.15) is 40.6 Å². The summed E-state index contributed by atoms with van der Waals surface area (Å²) in [6.07, 6.45) is 1.03. The molecule has 2 heteroatoms. The van der Waals surface area contributed by atoms with Gasteiger partial charge in [-0.2, -0.15) is 0 Å². The molecule has 4 rings (SSSR count). The van der Waals surface area contributed by atoms with Crippen LogP contribution in [0.15, 0.2) is 48.5 Å². The molecule has 19 heavy (non-hydrogen) atoms. The fourth-order valence-electron chi connectivity index (χ4n) is 3.67. The van der Waals surface area contributed by atoms with E-state index in [1.807, 2.05) is 0 Å². The van der Waals surface area contributed by atoms with Crippen molar-refractivity contribution in [3.63, 3.8) is 0 Å². The van der Waals surface area contributed by atoms with Crippen LogP contribution in [0.25, 0.3) is 0 Å². The summed E-state index contributed by atoms with van der Waals surface area (Å²) in [5, 5.41) is 3.76. The summed E-state index contributed by atoms with van der Waals surface area (Å²) < 4.78 is 0. The van der Waals surface area contributed by atoms with Gasteiger partial charge in [-0.25, -0.2) is 0 Å². The van der Waals surface area contributed by atoms with E-state index in [0.717, 1.165) is 6.42 Å². The maximum atomic E-state index is 6.74. The summed E-state index contributed by atoms with van der Waals surface area (Å²) in [7, 11) is 0. The zero-order valence-corrected chi connectivity index (χ0v) is 11.6. The molecule has 2 bridgehead atoms. The van der Waals surface area contributed by atoms with Crippen LogP contribution in [0.5, 0.6) is 0 Å². The van der Waals surface area contributed by atoms with Crippen molar-refractivity contribution in [3.8, 4) is 0 Å². The van der Waals surface area contributed by atoms with E-state index < -0.39 is 0 Å². The molecule has 0 spiro atoms. The molecule has 0 unspecified atom stereocenters. The topological polar surface area (TPSA) is 12.0 Å². The molecule has 0 saturated carbocycles. The second kappa shape index (κ2) is 3.84. The first-order valence-corrected chi connectivity index (χ1v) is 7.22. The van der Waals surface area contributed by atoms with Gasteiger partial charge in [-0.3, -0.25) is 5.32 Å². The number of fused-ring (bicyclic) bond motifs is 6. The summed E-state index contributed by atoms with van der Waals surface area (Å²) >= 11 is 6.74. The molecule has 2 aliphatic heterocycles. The van der Waals surface area contributed by atoms with E-state index in [2.05, 4.69) is 60.8 Å². The summed E-state index contributed by atoms with van der Waals surface area (Å²) in [6, 6.07) is 17.5. The van der Waals surface area contributed by atoms with Crippen molar-refractivity contribution >= 4 is 11.6 Å². The van der Waals surface area contributed by atoms with Crippen LogP contribution >= 0.6 is 11.6 Å². The number of alkyl halides is 1. The van der Waals surface area contributed by atoms with Gasteiger partial charge >= 0.3 is 0 Å². The standard InChI is InChI=1S/C17H16ClN/c1-17-10-11-6-2-3-7-12(11)16(19-17)15(18)13-8-4-5-9-14(13)17/h2-9,15-16,19H,10H2,1H3/t15-,16-,17+/m1/s1. The minimum atomic E-state index is 0.000995. The van der Waals surface area contributed by atoms with Gasteiger partial charge in [-0.15, -0.1) is 11.6 Å². The Morgan fingerprint density at radius 3 is 2.58 bits per heavy atom. The lowest BCUT2D eigenvalue weighted by atomic mass is 9.71. The molecule has 96 valence electrons. The summed E-state index contributed by atoms with van der Waals surface area (Å²) in [5.74, 6) is 0. The Balaban J connectivity index is 1.97. The third-order valence-corrected chi connectivity index (χ3v) is 5.04. The zero-order valence-electron chi connectivity index (χ0n) is 10.9. The SMILES string of the molecule is C[C@@]12Cc3ccccc3[C@@H](N1)[C@H](Cl)c1ccccc12. The number of nitrogens with one attached hydrogen (secondary N) is 1. The predicted molar refractivity (Wildman–Crippen MR) is 78.4 cm³/mol. The molecule has 2 aliphatic rings. The van der Waals surface area contributed by atoms with Crippen molar-refractivity contribution in [2.75, 3.05) is 0 Å². The maximum Gasteiger partial charge on any atom is 0.0783 e. The Morgan fingerprint density at radius 1 is 1.05 bits per heavy atom. The van der Waals surface area contributed by atoms with Gasteiger partial charge in [0.05, 0.1) is 11.4 Å². The van der Waals surface area contributed by atoms with Gasteiger partial charge in [0.15, 0.2) is 0 Å². The van der Waals surface area contributed by atoms with Crippen molar-refractivity contribution in [3.05, 3.63) is 70.8 Å². The minimum absolute atomic E-state index is 0.000995. The van der Waals surface area contributed by atoms with E-state index in [0.29, 0.717) is 0 Å². The largest absolute Gasteiger partial charge is 0.299 e. The van der Waals surface area contributed by atoms with E-state index in [1.54, 1.807) is 0 Å². The van der Waals surface area contributed by atoms with Gasteiger partial charge < -0.3 is 0 Å². The van der Waals surface area contributed by atoms with E-state index in [4.69, 9.17) is 11.6 Å². The molecule has 0 radical (unpaired) electrons. The highest BCUT2D eigenvalue weighted by atomic mass is 35.5. The second-order valence-corrected chi connectivity index (χ2v) is 6.29. The molecule has 1 nitrogen and oxygen atoms in total. The van der Waals surface area contributed by atoms with Gasteiger partial charge in [-0.05, 0) is 35.6 Å². The van der Waals surface area contributed by atoms with Crippen molar-refractivity contribution in [2.45, 2.75) is 30.3 Å². The fourth-order valence-corrected chi connectivity index (χ4v) is 4.06. The van der Waals surface area contributed by atoms with Gasteiger partial charge in [0.25, 0.3) is 0 Å². The smallest absolute Gasteiger partial charge is 0.0783 e. The van der Waals surface area contributed by atoms with Crippen LogP contribution in [0, 0.1) is 0 Å². The van der Waals surface area contributed by atoms with E-state index >= 15 is 0 Å². The summed E-state index contributed by atoms with van der Waals surface area (Å²) in [4.78, 5) is 0. The first kappa shape index (κ1) is 11.5. The lowest BCUT2D eigenvalue weighted by molar-refractivity contribution is 0.261. The second-order valence-electron chi connectivity index (χ2n) is 5.82. The zero-order chi connectivity index (χ0) is 13.0. The third-order valence-electron chi connectivity index (χ3n) is 4.55. The number of hydrogen-bond donors (Lipinski definition) is 1. The Morgan fingerprint density at radius 2 is 1.74 bits per heavy atom. The quantitative estimate of drug-likeness (QED) is 0.711. The van der Waals surface area contributed by atoms with Crippen LogP contribution in [0.3, 0.4) is 0 Å². The van der Waals surface area contributed by atoms with Crippen LogP contribution in [0.4, 0.5) is 0 Å². The maximum absolute atomic E-state index is 6.74. The Labute approximate surface area is 118 Å². The van der Waals surface area contributed by atoms with Crippen LogP contribution in [-0.2, 0) is 12.0 Å². The van der Waals surface area contributed by atoms with Crippen molar-refractivity contribution in [1.29, 1.82) is 0 Å². The molecular formula is C17H16ClN. The molecule has 3 atom stereocenters. The summed E-state index contributed by atoms with van der Waals surface area (Å²) in [6.45, 7) is 2.29. The monoisotopic (exact) mass is 269 g/mol. The van der Waals surface area contributed by atoms with E-state index in [-0.39, 0.29) is 17.0 Å². The number of benzene rings is 2. The summed E-state index contributed by atoms with van der Waals surface area (Å²) in [5.41, 5.74) is 5.41. The lowest BCUT2D eigenvalue weighted by Crippen LogP contribution is -2.52. The molecule has 2 aromatic carbocycles. The molecular weight excluding hydrogens is 254 g/mol. The molecule has 0 saturated heterocycles. The van der Waals surface area contributed by atoms with Crippen molar-refractivity contribution < 1.29 is 0 Å². The van der Waals surface area contributed by atoms with Crippen LogP contribution in [0.2, 0.25) is 0 Å². The first-order valence-electron chi connectivity index (χ1n) is 6.78. The number of halogens is 1. The molecule has 2 aromatic rings. The molecule has 0 amide bonds. The highest BCUT2D eigenvalue weighted by molar-refractivity contribution is 6.21. The third kappa shape index (κ3) is 1.52. The first-order chi connectivity index (χ1) is 9.19. The fraction of sp³-hybridized carbons (Fsp3) is 0.294. The van der Waals surface area contributed by atoms with Crippen LogP contribution in [-0.4, -0.2) is 0 Å². The Bertz CT molecular complexity index is 651. The Kier molecular flexibility index (Phi) is 2.33. The number of rotatable bonds is 0. The average molecular weight is 270 g/mol. The normalized spacial score (nSPS) is 31.5. The van der Waals surface area contributed by atoms with E-state index in [9.17, 15) is 0 Å². The van der Waals surface area contributed by atoms with Gasteiger partial charge in [-0.1, -0.05) is 48.5 Å². The molecule has 1 N–H and O–H groups in total. The van der Waals surface area contributed by atoms with Gasteiger partial charge in [0.2, 0.25) is 0 Å². The highest BCUT2D eigenvalue weighted by Gasteiger charge is 2.45. The molecule has 0 fully saturated rings. The molecule has 2 heterocycles. The van der Waals surface area contributed by atoms with E-state index in [1.165, 1.54) is 22.3 Å². The highest BCUT2D eigenvalue weighted by Crippen LogP contribution is 2.50. The van der Waals surface area contributed by atoms with Crippen molar-refractivity contribution in [2.24, 2.45) is 0 Å². The van der Waals surface area contributed by atoms with Gasteiger partial charge in [0, 0.05) is 5.54 Å². The van der Waals surface area contributed by atoms with Gasteiger partial charge in [0.1, 0.15) is 0 Å². The van der Waals surface area contributed by atoms with Crippen LogP contribution < -0.4 is 5.32 Å². The predicted octanol–water partition coefficient (Wildman–Crippen LogP) is 4.08. The number of hydrogen-bond acceptors (Lipinski definition) is 1. The minimum Gasteiger partial charge on any atom is -0.299 e. The lowest BCUT2D eigenvalue weighted by Gasteiger charge is -2.48.